The minimum atomic E-state index is -0.528. The van der Waals surface area contributed by atoms with Gasteiger partial charge in [0.25, 0.3) is 0 Å². The van der Waals surface area contributed by atoms with E-state index < -0.39 is 11.7 Å². The molecule has 0 fully saturated rings. The van der Waals surface area contributed by atoms with Gasteiger partial charge in [0.1, 0.15) is 11.5 Å². The Kier molecular flexibility index (Phi) is 6.42. The highest BCUT2D eigenvalue weighted by Crippen LogP contribution is 2.38. The molecular weight excluding hydrogens is 383 g/mol. The number of hydrogen-bond donors (Lipinski definition) is 2. The van der Waals surface area contributed by atoms with Gasteiger partial charge in [-0.15, -0.1) is 0 Å². The van der Waals surface area contributed by atoms with Gasteiger partial charge in [-0.3, -0.25) is 4.79 Å². The van der Waals surface area contributed by atoms with E-state index >= 15 is 4.39 Å². The zero-order valence-corrected chi connectivity index (χ0v) is 16.7. The summed E-state index contributed by atoms with van der Waals surface area (Å²) in [7, 11) is 0. The highest BCUT2D eigenvalue weighted by molar-refractivity contribution is 6.32. The highest BCUT2D eigenvalue weighted by atomic mass is 35.5. The fourth-order valence-corrected chi connectivity index (χ4v) is 3.55. The number of halogens is 2. The molecule has 0 radical (unpaired) electrons. The first kappa shape index (κ1) is 20.4. The topological polar surface area (TPSA) is 73.6 Å². The summed E-state index contributed by atoms with van der Waals surface area (Å²) in [4.78, 5) is 11.1. The number of ether oxygens (including phenoxy) is 2. The Bertz CT molecular complexity index is 875. The molecule has 0 saturated heterocycles. The summed E-state index contributed by atoms with van der Waals surface area (Å²) in [6.45, 7) is 4.40. The lowest BCUT2D eigenvalue weighted by atomic mass is 10.0. The van der Waals surface area contributed by atoms with Crippen molar-refractivity contribution in [2.24, 2.45) is 5.73 Å². The molecule has 1 aliphatic heterocycles. The molecule has 1 amide bonds. The largest absolute Gasteiger partial charge is 0.493 e. The Morgan fingerprint density at radius 3 is 2.89 bits per heavy atom. The summed E-state index contributed by atoms with van der Waals surface area (Å²) in [6, 6.07) is 8.19. The average Bonchev–Trinajstić information content (AvgIpc) is 3.11. The van der Waals surface area contributed by atoms with Gasteiger partial charge in [-0.25, -0.2) is 4.39 Å². The van der Waals surface area contributed by atoms with Crippen LogP contribution in [0.2, 0.25) is 5.02 Å². The number of nitrogens with two attached hydrogens (primary N) is 1. The number of hydrogen-bond acceptors (Lipinski definition) is 4. The van der Waals surface area contributed by atoms with Gasteiger partial charge >= 0.3 is 0 Å². The second kappa shape index (κ2) is 8.80. The van der Waals surface area contributed by atoms with Crippen LogP contribution in [0.25, 0.3) is 0 Å². The minimum Gasteiger partial charge on any atom is -0.493 e. The van der Waals surface area contributed by atoms with Crippen LogP contribution in [-0.4, -0.2) is 18.6 Å². The molecule has 150 valence electrons. The van der Waals surface area contributed by atoms with Crippen LogP contribution < -0.4 is 20.5 Å². The molecule has 0 aromatic heterocycles. The van der Waals surface area contributed by atoms with E-state index in [4.69, 9.17) is 26.8 Å². The van der Waals surface area contributed by atoms with E-state index in [9.17, 15) is 4.79 Å². The lowest BCUT2D eigenvalue weighted by Gasteiger charge is -2.23. The van der Waals surface area contributed by atoms with Gasteiger partial charge in [-0.2, -0.15) is 0 Å². The molecule has 3 N–H and O–H groups in total. The van der Waals surface area contributed by atoms with Crippen LogP contribution in [0.1, 0.15) is 43.9 Å². The molecule has 5 nitrogen and oxygen atoms in total. The third-order valence-electron chi connectivity index (χ3n) is 4.74. The van der Waals surface area contributed by atoms with Gasteiger partial charge < -0.3 is 20.5 Å². The molecule has 1 heterocycles. The Labute approximate surface area is 169 Å². The average molecular weight is 407 g/mol. The fourth-order valence-electron chi connectivity index (χ4n) is 3.37. The van der Waals surface area contributed by atoms with Crippen LogP contribution in [-0.2, 0) is 11.2 Å². The van der Waals surface area contributed by atoms with E-state index in [1.165, 1.54) is 0 Å². The van der Waals surface area contributed by atoms with Gasteiger partial charge in [0.05, 0.1) is 11.6 Å². The smallest absolute Gasteiger partial charge is 0.218 e. The third kappa shape index (κ3) is 4.56. The minimum absolute atomic E-state index is 0.0279. The molecular formula is C21H24ClFN2O3. The molecule has 0 saturated carbocycles. The van der Waals surface area contributed by atoms with Crippen LogP contribution in [0, 0.1) is 5.82 Å². The highest BCUT2D eigenvalue weighted by Gasteiger charge is 2.23. The quantitative estimate of drug-likeness (QED) is 0.676. The Morgan fingerprint density at radius 2 is 2.18 bits per heavy atom. The van der Waals surface area contributed by atoms with Crippen LogP contribution >= 0.6 is 11.6 Å². The van der Waals surface area contributed by atoms with E-state index in [-0.39, 0.29) is 29.3 Å². The summed E-state index contributed by atoms with van der Waals surface area (Å²) >= 11 is 6.21. The van der Waals surface area contributed by atoms with Gasteiger partial charge in [-0.05, 0) is 31.0 Å². The summed E-state index contributed by atoms with van der Waals surface area (Å²) in [6.07, 6.45) is 1.64. The molecule has 3 rings (SSSR count). The van der Waals surface area contributed by atoms with E-state index in [2.05, 4.69) is 5.32 Å². The molecule has 2 atom stereocenters. The molecule has 0 unspecified atom stereocenters. The maximum atomic E-state index is 15.3. The second-order valence-corrected chi connectivity index (χ2v) is 7.36. The van der Waals surface area contributed by atoms with E-state index in [0.29, 0.717) is 24.3 Å². The number of carbonyl (C=O) groups excluding carboxylic acids is 1. The zero-order chi connectivity index (χ0) is 20.3. The first-order valence-electron chi connectivity index (χ1n) is 9.34. The first-order valence-corrected chi connectivity index (χ1v) is 9.72. The molecule has 0 spiro atoms. The van der Waals surface area contributed by atoms with Crippen molar-refractivity contribution in [1.29, 1.82) is 0 Å². The van der Waals surface area contributed by atoms with Crippen molar-refractivity contribution in [3.8, 4) is 17.2 Å². The van der Waals surface area contributed by atoms with E-state index in [0.717, 1.165) is 17.7 Å². The van der Waals surface area contributed by atoms with Gasteiger partial charge in [0, 0.05) is 36.6 Å². The molecule has 1 aliphatic rings. The van der Waals surface area contributed by atoms with Crippen LogP contribution in [0.15, 0.2) is 30.3 Å². The van der Waals surface area contributed by atoms with Gasteiger partial charge in [0.2, 0.25) is 5.91 Å². The van der Waals surface area contributed by atoms with Crippen molar-refractivity contribution in [3.05, 3.63) is 52.3 Å². The predicted molar refractivity (Wildman–Crippen MR) is 107 cm³/mol. The first-order chi connectivity index (χ1) is 13.4. The maximum absolute atomic E-state index is 15.3. The molecule has 2 aromatic rings. The number of carbonyl (C=O) groups is 1. The van der Waals surface area contributed by atoms with Crippen LogP contribution in [0.4, 0.5) is 4.39 Å². The lowest BCUT2D eigenvalue weighted by molar-refractivity contribution is -0.118. The molecule has 0 aliphatic carbocycles. The number of fused-ring (bicyclic) bond motifs is 1. The van der Waals surface area contributed by atoms with Crippen molar-refractivity contribution in [3.63, 3.8) is 0 Å². The van der Waals surface area contributed by atoms with Gasteiger partial charge in [-0.1, -0.05) is 30.7 Å². The number of nitrogens with one attached hydrogen (secondary N) is 1. The molecule has 28 heavy (non-hydrogen) atoms. The molecule has 7 heteroatoms. The molecule has 2 aromatic carbocycles. The summed E-state index contributed by atoms with van der Waals surface area (Å²) in [5, 5.41) is 3.42. The maximum Gasteiger partial charge on any atom is 0.218 e. The number of primary amides is 1. The van der Waals surface area contributed by atoms with E-state index in [1.807, 2.05) is 19.9 Å². The monoisotopic (exact) mass is 406 g/mol. The second-order valence-electron chi connectivity index (χ2n) is 6.95. The standard InChI is InChI=1S/C21H24ClFN2O3/c1-3-17(25-12(2)10-19(24)26)15-6-7-16(22)21(20(15)23)28-14-5-4-13-8-9-27-18(13)11-14/h4-7,11-12,17,25H,3,8-10H2,1-2H3,(H2,24,26)/t12-,17+/m0/s1. The van der Waals surface area contributed by atoms with Gasteiger partial charge in [0.15, 0.2) is 11.6 Å². The Morgan fingerprint density at radius 1 is 1.39 bits per heavy atom. The Hall–Kier alpha value is -2.31. The number of amides is 1. The van der Waals surface area contributed by atoms with Crippen molar-refractivity contribution < 1.29 is 18.7 Å². The number of rotatable bonds is 8. The fraction of sp³-hybridized carbons (Fsp3) is 0.381. The molecule has 0 bridgehead atoms. The third-order valence-corrected chi connectivity index (χ3v) is 5.04. The SMILES string of the molecule is CC[C@@H](N[C@@H](C)CC(N)=O)c1ccc(Cl)c(Oc2ccc3c(c2)OCC3)c1F. The predicted octanol–water partition coefficient (Wildman–Crippen LogP) is 4.51. The van der Waals surface area contributed by atoms with E-state index in [1.54, 1.807) is 24.3 Å². The summed E-state index contributed by atoms with van der Waals surface area (Å²) in [5.41, 5.74) is 6.78. The van der Waals surface area contributed by atoms with Crippen molar-refractivity contribution in [1.82, 2.24) is 5.32 Å². The van der Waals surface area contributed by atoms with Crippen LogP contribution in [0.3, 0.4) is 0 Å². The zero-order valence-electron chi connectivity index (χ0n) is 15.9. The summed E-state index contributed by atoms with van der Waals surface area (Å²) < 4.78 is 26.6. The normalized spacial score (nSPS) is 14.9. The van der Waals surface area contributed by atoms with Crippen molar-refractivity contribution in [2.45, 2.75) is 45.2 Å². The summed E-state index contributed by atoms with van der Waals surface area (Å²) in [5.74, 6) is 0.244. The Balaban J connectivity index is 1.85. The number of benzene rings is 2. The van der Waals surface area contributed by atoms with Crippen molar-refractivity contribution >= 4 is 17.5 Å². The lowest BCUT2D eigenvalue weighted by Crippen LogP contribution is -2.34. The van der Waals surface area contributed by atoms with Crippen LogP contribution in [0.5, 0.6) is 17.2 Å². The van der Waals surface area contributed by atoms with Crippen molar-refractivity contribution in [2.75, 3.05) is 6.61 Å².